The number of benzene rings is 1. The zero-order valence-electron chi connectivity index (χ0n) is 16.6. The Labute approximate surface area is 159 Å². The van der Waals surface area contributed by atoms with Gasteiger partial charge in [0.2, 0.25) is 10.0 Å². The second kappa shape index (κ2) is 7.89. The summed E-state index contributed by atoms with van der Waals surface area (Å²) in [6.45, 7) is 9.11. The van der Waals surface area contributed by atoms with Gasteiger partial charge in [-0.05, 0) is 87.0 Å². The Balaban J connectivity index is 1.47. The summed E-state index contributed by atoms with van der Waals surface area (Å²) in [6.07, 6.45) is 5.23. The van der Waals surface area contributed by atoms with Crippen LogP contribution in [0.15, 0.2) is 18.2 Å². The molecule has 26 heavy (non-hydrogen) atoms. The molecule has 2 aliphatic rings. The van der Waals surface area contributed by atoms with Gasteiger partial charge in [0, 0.05) is 18.3 Å². The Bertz CT molecular complexity index is 722. The molecule has 4 nitrogen and oxygen atoms in total. The van der Waals surface area contributed by atoms with Gasteiger partial charge < -0.3 is 5.32 Å². The van der Waals surface area contributed by atoms with E-state index in [0.29, 0.717) is 11.8 Å². The highest BCUT2D eigenvalue weighted by Crippen LogP contribution is 2.38. The maximum absolute atomic E-state index is 12.0. The van der Waals surface area contributed by atoms with Gasteiger partial charge in [0.15, 0.2) is 0 Å². The van der Waals surface area contributed by atoms with Gasteiger partial charge >= 0.3 is 0 Å². The van der Waals surface area contributed by atoms with E-state index in [1.54, 1.807) is 13.8 Å². The van der Waals surface area contributed by atoms with Gasteiger partial charge in [-0.15, -0.1) is 0 Å². The molecule has 1 aromatic rings. The third-order valence-corrected chi connectivity index (χ3v) is 8.33. The lowest BCUT2D eigenvalue weighted by Crippen LogP contribution is -2.41. The number of hydrogen-bond donors (Lipinski definition) is 2. The van der Waals surface area contributed by atoms with Crippen molar-refractivity contribution in [1.29, 1.82) is 0 Å². The Morgan fingerprint density at radius 2 is 1.81 bits per heavy atom. The van der Waals surface area contributed by atoms with E-state index in [0.717, 1.165) is 38.1 Å². The number of anilines is 1. The van der Waals surface area contributed by atoms with Crippen molar-refractivity contribution in [3.05, 3.63) is 29.3 Å². The smallest absolute Gasteiger partial charge is 0.214 e. The lowest BCUT2D eigenvalue weighted by molar-refractivity contribution is 0.323. The predicted octanol–water partition coefficient (Wildman–Crippen LogP) is 4.28. The van der Waals surface area contributed by atoms with Gasteiger partial charge in [-0.2, -0.15) is 0 Å². The molecule has 2 unspecified atom stereocenters. The van der Waals surface area contributed by atoms with E-state index in [-0.39, 0.29) is 11.3 Å². The third-order valence-electron chi connectivity index (χ3n) is 6.42. The van der Waals surface area contributed by atoms with Crippen molar-refractivity contribution in [1.82, 2.24) is 4.72 Å². The first-order valence-electron chi connectivity index (χ1n) is 10.1. The second-order valence-corrected chi connectivity index (χ2v) is 11.0. The van der Waals surface area contributed by atoms with Crippen LogP contribution in [0.5, 0.6) is 0 Å². The minimum atomic E-state index is -3.15. The SMILES string of the molecule is CC1Cc2cc(NCC3CCC(NS(=O)(=O)C(C)C)CC3)ccc2C1C. The molecule has 0 aliphatic heterocycles. The van der Waals surface area contributed by atoms with E-state index in [9.17, 15) is 8.42 Å². The fourth-order valence-corrected chi connectivity index (χ4v) is 5.25. The zero-order chi connectivity index (χ0) is 18.9. The first-order valence-corrected chi connectivity index (χ1v) is 11.7. The maximum Gasteiger partial charge on any atom is 0.214 e. The van der Waals surface area contributed by atoms with Crippen molar-refractivity contribution >= 4 is 15.7 Å². The highest BCUT2D eigenvalue weighted by atomic mass is 32.2. The first kappa shape index (κ1) is 19.7. The van der Waals surface area contributed by atoms with Crippen LogP contribution < -0.4 is 10.0 Å². The zero-order valence-corrected chi connectivity index (χ0v) is 17.4. The van der Waals surface area contributed by atoms with E-state index >= 15 is 0 Å². The summed E-state index contributed by atoms with van der Waals surface area (Å²) in [5, 5.41) is 3.26. The highest BCUT2D eigenvalue weighted by Gasteiger charge is 2.27. The second-order valence-electron chi connectivity index (χ2n) is 8.69. The summed E-state index contributed by atoms with van der Waals surface area (Å²) in [7, 11) is -3.15. The molecule has 0 aromatic heterocycles. The summed E-state index contributed by atoms with van der Waals surface area (Å²) < 4.78 is 26.9. The normalized spacial score (nSPS) is 29.0. The van der Waals surface area contributed by atoms with E-state index in [4.69, 9.17) is 0 Å². The lowest BCUT2D eigenvalue weighted by Gasteiger charge is -2.29. The van der Waals surface area contributed by atoms with Crippen LogP contribution in [-0.4, -0.2) is 26.3 Å². The van der Waals surface area contributed by atoms with Crippen LogP contribution >= 0.6 is 0 Å². The fourth-order valence-electron chi connectivity index (χ4n) is 4.28. The number of sulfonamides is 1. The minimum absolute atomic E-state index is 0.113. The maximum atomic E-state index is 12.0. The van der Waals surface area contributed by atoms with Crippen molar-refractivity contribution in [2.24, 2.45) is 11.8 Å². The summed E-state index contributed by atoms with van der Waals surface area (Å²) in [5.74, 6) is 2.04. The van der Waals surface area contributed by atoms with Crippen LogP contribution in [-0.2, 0) is 16.4 Å². The van der Waals surface area contributed by atoms with E-state index in [1.807, 2.05) is 0 Å². The Kier molecular flexibility index (Phi) is 5.97. The molecular weight excluding hydrogens is 344 g/mol. The Morgan fingerprint density at radius 1 is 1.12 bits per heavy atom. The molecule has 0 bridgehead atoms. The molecular formula is C21H34N2O2S. The van der Waals surface area contributed by atoms with Crippen molar-refractivity contribution < 1.29 is 8.42 Å². The lowest BCUT2D eigenvalue weighted by atomic mass is 9.86. The van der Waals surface area contributed by atoms with E-state index in [2.05, 4.69) is 42.1 Å². The largest absolute Gasteiger partial charge is 0.385 e. The molecule has 2 aliphatic carbocycles. The van der Waals surface area contributed by atoms with Gasteiger partial charge in [0.1, 0.15) is 0 Å². The molecule has 0 spiro atoms. The van der Waals surface area contributed by atoms with Crippen LogP contribution in [0, 0.1) is 11.8 Å². The molecule has 1 aromatic carbocycles. The minimum Gasteiger partial charge on any atom is -0.385 e. The average molecular weight is 379 g/mol. The van der Waals surface area contributed by atoms with E-state index < -0.39 is 10.0 Å². The summed E-state index contributed by atoms with van der Waals surface area (Å²) in [5.41, 5.74) is 4.25. The summed E-state index contributed by atoms with van der Waals surface area (Å²) in [4.78, 5) is 0. The van der Waals surface area contributed by atoms with Gasteiger partial charge in [0.25, 0.3) is 0 Å². The van der Waals surface area contributed by atoms with Crippen molar-refractivity contribution in [2.75, 3.05) is 11.9 Å². The van der Waals surface area contributed by atoms with Crippen molar-refractivity contribution in [3.8, 4) is 0 Å². The predicted molar refractivity (Wildman–Crippen MR) is 109 cm³/mol. The highest BCUT2D eigenvalue weighted by molar-refractivity contribution is 7.90. The molecule has 5 heteroatoms. The molecule has 2 N–H and O–H groups in total. The topological polar surface area (TPSA) is 58.2 Å². The number of rotatable bonds is 6. The van der Waals surface area contributed by atoms with Crippen LogP contribution in [0.3, 0.4) is 0 Å². The van der Waals surface area contributed by atoms with Crippen molar-refractivity contribution in [3.63, 3.8) is 0 Å². The van der Waals surface area contributed by atoms with Crippen LogP contribution in [0.2, 0.25) is 0 Å². The molecule has 0 saturated heterocycles. The number of fused-ring (bicyclic) bond motifs is 1. The van der Waals surface area contributed by atoms with E-state index in [1.165, 1.54) is 23.2 Å². The molecule has 1 saturated carbocycles. The fraction of sp³-hybridized carbons (Fsp3) is 0.714. The molecule has 146 valence electrons. The summed E-state index contributed by atoms with van der Waals surface area (Å²) in [6, 6.07) is 6.96. The van der Waals surface area contributed by atoms with Gasteiger partial charge in [-0.3, -0.25) is 0 Å². The molecule has 0 amide bonds. The number of hydrogen-bond acceptors (Lipinski definition) is 3. The van der Waals surface area contributed by atoms with Crippen LogP contribution in [0.1, 0.15) is 70.4 Å². The van der Waals surface area contributed by atoms with Gasteiger partial charge in [0.05, 0.1) is 5.25 Å². The monoisotopic (exact) mass is 378 g/mol. The van der Waals surface area contributed by atoms with Crippen LogP contribution in [0.4, 0.5) is 5.69 Å². The summed E-state index contributed by atoms with van der Waals surface area (Å²) >= 11 is 0. The average Bonchev–Trinajstić information content (AvgIpc) is 2.88. The number of nitrogens with one attached hydrogen (secondary N) is 2. The molecule has 0 heterocycles. The molecule has 1 fully saturated rings. The third kappa shape index (κ3) is 4.42. The first-order chi connectivity index (χ1) is 12.3. The Morgan fingerprint density at radius 3 is 2.46 bits per heavy atom. The quantitative estimate of drug-likeness (QED) is 0.777. The molecule has 3 rings (SSSR count). The Hall–Kier alpha value is -1.07. The van der Waals surface area contributed by atoms with Crippen LogP contribution in [0.25, 0.3) is 0 Å². The molecule has 2 atom stereocenters. The molecule has 0 radical (unpaired) electrons. The van der Waals surface area contributed by atoms with Crippen molar-refractivity contribution in [2.45, 2.75) is 77.0 Å². The standard InChI is InChI=1S/C21H34N2O2S/c1-14(2)26(24,25)23-19-7-5-17(6-8-19)13-22-20-9-10-21-16(4)15(3)11-18(21)12-20/h9-10,12,14-17,19,22-23H,5-8,11,13H2,1-4H3. The van der Waals surface area contributed by atoms with Gasteiger partial charge in [-0.25, -0.2) is 13.1 Å². The van der Waals surface area contributed by atoms with Gasteiger partial charge in [-0.1, -0.05) is 19.9 Å².